The molecule has 1 aliphatic rings. The first-order chi connectivity index (χ1) is 14.9. The summed E-state index contributed by atoms with van der Waals surface area (Å²) in [6.45, 7) is 6.32. The lowest BCUT2D eigenvalue weighted by Gasteiger charge is -2.38. The average Bonchev–Trinajstić information content (AvgIpc) is 3.29. The Morgan fingerprint density at radius 1 is 1.26 bits per heavy atom. The number of carbonyl (C=O) groups excluding carboxylic acids is 1. The summed E-state index contributed by atoms with van der Waals surface area (Å²) in [4.78, 5) is 21.8. The van der Waals surface area contributed by atoms with E-state index >= 15 is 0 Å². The second-order valence-electron chi connectivity index (χ2n) is 7.16. The van der Waals surface area contributed by atoms with E-state index in [2.05, 4.69) is 15.0 Å². The number of fused-ring (bicyclic) bond motifs is 1. The predicted octanol–water partition coefficient (Wildman–Crippen LogP) is 4.23. The van der Waals surface area contributed by atoms with Gasteiger partial charge in [-0.05, 0) is 24.6 Å². The number of halogens is 2. The highest BCUT2D eigenvalue weighted by molar-refractivity contribution is 7.17. The molecule has 0 spiro atoms. The third-order valence-corrected chi connectivity index (χ3v) is 6.91. The maximum Gasteiger partial charge on any atom is 0.409 e. The lowest BCUT2D eigenvalue weighted by atomic mass is 10.0. The van der Waals surface area contributed by atoms with Gasteiger partial charge in [0.15, 0.2) is 5.82 Å². The molecule has 1 fully saturated rings. The molecule has 0 radical (unpaired) electrons. The van der Waals surface area contributed by atoms with Gasteiger partial charge in [0.25, 0.3) is 0 Å². The van der Waals surface area contributed by atoms with Crippen LogP contribution < -0.4 is 0 Å². The van der Waals surface area contributed by atoms with E-state index < -0.39 is 0 Å². The normalized spacial score (nSPS) is 16.1. The Kier molecular flexibility index (Phi) is 6.57. The van der Waals surface area contributed by atoms with Crippen molar-refractivity contribution in [1.82, 2.24) is 24.4 Å². The van der Waals surface area contributed by atoms with Gasteiger partial charge in [-0.3, -0.25) is 4.90 Å². The quantitative estimate of drug-likeness (QED) is 0.584. The molecule has 1 amide bonds. The SMILES string of the molecule is CCOC(=O)N1CCN([C@@H](c2ccc(Cl)cc2Cl)c2sc3nc(CC)nn3c2O)CC1. The summed E-state index contributed by atoms with van der Waals surface area (Å²) in [5.41, 5.74) is 0.825. The van der Waals surface area contributed by atoms with E-state index in [1.807, 2.05) is 13.0 Å². The van der Waals surface area contributed by atoms with Crippen LogP contribution in [-0.2, 0) is 11.2 Å². The minimum atomic E-state index is -0.326. The number of carbonyl (C=O) groups is 1. The highest BCUT2D eigenvalue weighted by atomic mass is 35.5. The molecule has 0 unspecified atom stereocenters. The number of hydrogen-bond acceptors (Lipinski definition) is 7. The van der Waals surface area contributed by atoms with Gasteiger partial charge in [-0.1, -0.05) is 47.5 Å². The fraction of sp³-hybridized carbons (Fsp3) is 0.450. The zero-order valence-electron chi connectivity index (χ0n) is 17.2. The highest BCUT2D eigenvalue weighted by Crippen LogP contribution is 2.42. The first kappa shape index (κ1) is 22.1. The highest BCUT2D eigenvalue weighted by Gasteiger charge is 2.34. The number of ether oxygens (including phenoxy) is 1. The topological polar surface area (TPSA) is 83.2 Å². The Morgan fingerprint density at radius 2 is 2.00 bits per heavy atom. The Hall–Kier alpha value is -2.07. The van der Waals surface area contributed by atoms with Crippen molar-refractivity contribution in [1.29, 1.82) is 0 Å². The Morgan fingerprint density at radius 3 is 2.61 bits per heavy atom. The van der Waals surface area contributed by atoms with Gasteiger partial charge in [0.2, 0.25) is 10.8 Å². The van der Waals surface area contributed by atoms with Crippen LogP contribution in [0.25, 0.3) is 4.96 Å². The maximum atomic E-state index is 12.1. The lowest BCUT2D eigenvalue weighted by Crippen LogP contribution is -2.50. The third kappa shape index (κ3) is 4.32. The summed E-state index contributed by atoms with van der Waals surface area (Å²) in [6, 6.07) is 5.03. The summed E-state index contributed by atoms with van der Waals surface area (Å²) < 4.78 is 6.60. The molecule has 1 saturated heterocycles. The fourth-order valence-corrected chi connectivity index (χ4v) is 5.36. The molecule has 31 heavy (non-hydrogen) atoms. The molecular weight excluding hydrogens is 461 g/mol. The molecule has 1 aromatic carbocycles. The van der Waals surface area contributed by atoms with Crippen molar-refractivity contribution in [3.05, 3.63) is 44.5 Å². The molecular formula is C20H23Cl2N5O3S. The number of thiazole rings is 1. The van der Waals surface area contributed by atoms with Crippen LogP contribution in [0.2, 0.25) is 10.0 Å². The number of aromatic hydroxyl groups is 1. The standard InChI is InChI=1S/C20H23Cl2N5O3S/c1-3-15-23-19-27(24-15)18(28)17(31-19)16(13-6-5-12(21)11-14(13)22)25-7-9-26(10-8-25)20(29)30-4-2/h5-6,11,16,28H,3-4,7-10H2,1-2H3/t16-/m0/s1. The van der Waals surface area contributed by atoms with Gasteiger partial charge >= 0.3 is 6.09 Å². The molecule has 0 aliphatic carbocycles. The number of aryl methyl sites for hydroxylation is 1. The number of aromatic nitrogens is 3. The number of nitrogens with zero attached hydrogens (tertiary/aromatic N) is 5. The molecule has 3 aromatic rings. The van der Waals surface area contributed by atoms with Gasteiger partial charge in [0.1, 0.15) is 0 Å². The Bertz CT molecular complexity index is 1090. The molecule has 2 aromatic heterocycles. The number of piperazine rings is 1. The number of benzene rings is 1. The van der Waals surface area contributed by atoms with E-state index in [1.54, 1.807) is 24.0 Å². The Balaban J connectivity index is 1.70. The largest absolute Gasteiger partial charge is 0.492 e. The minimum Gasteiger partial charge on any atom is -0.492 e. The van der Waals surface area contributed by atoms with Crippen molar-refractivity contribution in [3.63, 3.8) is 0 Å². The molecule has 1 aliphatic heterocycles. The van der Waals surface area contributed by atoms with E-state index in [0.717, 1.165) is 5.56 Å². The number of rotatable bonds is 5. The predicted molar refractivity (Wildman–Crippen MR) is 120 cm³/mol. The van der Waals surface area contributed by atoms with Crippen molar-refractivity contribution in [3.8, 4) is 5.88 Å². The van der Waals surface area contributed by atoms with Crippen molar-refractivity contribution in [2.75, 3.05) is 32.8 Å². The molecule has 0 saturated carbocycles. The zero-order chi connectivity index (χ0) is 22.1. The van der Waals surface area contributed by atoms with Crippen molar-refractivity contribution < 1.29 is 14.6 Å². The van der Waals surface area contributed by atoms with Crippen LogP contribution in [-0.4, -0.2) is 68.4 Å². The van der Waals surface area contributed by atoms with Gasteiger partial charge in [-0.25, -0.2) is 9.78 Å². The van der Waals surface area contributed by atoms with E-state index in [-0.39, 0.29) is 18.0 Å². The maximum absolute atomic E-state index is 12.1. The van der Waals surface area contributed by atoms with E-state index in [0.29, 0.717) is 64.9 Å². The molecule has 3 heterocycles. The first-order valence-corrected chi connectivity index (χ1v) is 11.7. The summed E-state index contributed by atoms with van der Waals surface area (Å²) in [7, 11) is 0. The average molecular weight is 484 g/mol. The fourth-order valence-electron chi connectivity index (χ4n) is 3.72. The van der Waals surface area contributed by atoms with E-state index in [9.17, 15) is 9.90 Å². The number of amides is 1. The third-order valence-electron chi connectivity index (χ3n) is 5.27. The summed E-state index contributed by atoms with van der Waals surface area (Å²) in [6.07, 6.45) is 0.378. The van der Waals surface area contributed by atoms with Crippen LogP contribution in [0.1, 0.15) is 36.2 Å². The second kappa shape index (κ2) is 9.20. The van der Waals surface area contributed by atoms with Crippen molar-refractivity contribution >= 4 is 45.6 Å². The zero-order valence-corrected chi connectivity index (χ0v) is 19.5. The van der Waals surface area contributed by atoms with Crippen LogP contribution >= 0.6 is 34.5 Å². The first-order valence-electron chi connectivity index (χ1n) is 10.1. The smallest absolute Gasteiger partial charge is 0.409 e. The van der Waals surface area contributed by atoms with Crippen LogP contribution in [0.3, 0.4) is 0 Å². The van der Waals surface area contributed by atoms with Crippen LogP contribution in [0.15, 0.2) is 18.2 Å². The molecule has 8 nitrogen and oxygen atoms in total. The molecule has 166 valence electrons. The number of hydrogen-bond donors (Lipinski definition) is 1. The van der Waals surface area contributed by atoms with Gasteiger partial charge in [-0.15, -0.1) is 5.10 Å². The summed E-state index contributed by atoms with van der Waals surface area (Å²) in [5, 5.41) is 16.4. The van der Waals surface area contributed by atoms with Gasteiger partial charge in [-0.2, -0.15) is 4.52 Å². The molecule has 4 rings (SSSR count). The van der Waals surface area contributed by atoms with Crippen molar-refractivity contribution in [2.45, 2.75) is 26.3 Å². The summed E-state index contributed by atoms with van der Waals surface area (Å²) in [5.74, 6) is 0.730. The summed E-state index contributed by atoms with van der Waals surface area (Å²) >= 11 is 14.1. The van der Waals surface area contributed by atoms with Crippen LogP contribution in [0, 0.1) is 0 Å². The molecule has 1 N–H and O–H groups in total. The second-order valence-corrected chi connectivity index (χ2v) is 9.01. The van der Waals surface area contributed by atoms with Gasteiger partial charge < -0.3 is 14.7 Å². The molecule has 0 bridgehead atoms. The van der Waals surface area contributed by atoms with Crippen LogP contribution in [0.4, 0.5) is 4.79 Å². The van der Waals surface area contributed by atoms with Gasteiger partial charge in [0.05, 0.1) is 17.5 Å². The van der Waals surface area contributed by atoms with Crippen LogP contribution in [0.5, 0.6) is 5.88 Å². The van der Waals surface area contributed by atoms with E-state index in [1.165, 1.54) is 15.9 Å². The minimum absolute atomic E-state index is 0.0519. The van der Waals surface area contributed by atoms with Crippen molar-refractivity contribution in [2.24, 2.45) is 0 Å². The lowest BCUT2D eigenvalue weighted by molar-refractivity contribution is 0.0715. The van der Waals surface area contributed by atoms with Gasteiger partial charge in [0, 0.05) is 42.6 Å². The Labute approximate surface area is 193 Å². The molecule has 1 atom stereocenters. The molecule has 11 heteroatoms. The van der Waals surface area contributed by atoms with E-state index in [4.69, 9.17) is 27.9 Å². The monoisotopic (exact) mass is 483 g/mol.